The number of allylic oxidation sites excluding steroid dienone is 1. The average Bonchev–Trinajstić information content (AvgIpc) is 2.95. The Hall–Kier alpha value is -1.41. The summed E-state index contributed by atoms with van der Waals surface area (Å²) in [6, 6.07) is 8.26. The van der Waals surface area contributed by atoms with Crippen LogP contribution in [0.5, 0.6) is 0 Å². The molecular weight excluding hydrogens is 176 g/mol. The van der Waals surface area contributed by atoms with Gasteiger partial charge in [0.15, 0.2) is 0 Å². The van der Waals surface area contributed by atoms with E-state index in [1.807, 2.05) is 0 Å². The molecule has 2 unspecified atom stereocenters. The number of rotatable bonds is 3. The minimum Gasteiger partial charge on any atom is -0.360 e. The van der Waals surface area contributed by atoms with Gasteiger partial charge in [-0.05, 0) is 24.6 Å². The highest BCUT2D eigenvalue weighted by molar-refractivity contribution is 5.65. The van der Waals surface area contributed by atoms with Gasteiger partial charge in [0.2, 0.25) is 0 Å². The van der Waals surface area contributed by atoms with Crippen molar-refractivity contribution in [2.24, 2.45) is 0 Å². The van der Waals surface area contributed by atoms with Crippen molar-refractivity contribution in [3.63, 3.8) is 0 Å². The molecule has 1 heterocycles. The summed E-state index contributed by atoms with van der Waals surface area (Å²) in [7, 11) is 0. The molecule has 0 bridgehead atoms. The summed E-state index contributed by atoms with van der Waals surface area (Å²) in [4.78, 5) is 10.1. The highest BCUT2D eigenvalue weighted by Crippen LogP contribution is 2.39. The van der Waals surface area contributed by atoms with Gasteiger partial charge in [0.25, 0.3) is 0 Å². The lowest BCUT2D eigenvalue weighted by Crippen LogP contribution is -1.84. The van der Waals surface area contributed by atoms with Crippen LogP contribution in [0.3, 0.4) is 0 Å². The molecule has 14 heavy (non-hydrogen) atoms. The summed E-state index contributed by atoms with van der Waals surface area (Å²) in [6.07, 6.45) is 4.28. The zero-order chi connectivity index (χ0) is 9.97. The normalized spacial score (nSPS) is 25.2. The first-order valence-electron chi connectivity index (χ1n) is 4.65. The summed E-state index contributed by atoms with van der Waals surface area (Å²) < 4.78 is 5.40. The molecule has 0 aromatic heterocycles. The van der Waals surface area contributed by atoms with E-state index in [0.717, 1.165) is 6.29 Å². The summed E-state index contributed by atoms with van der Waals surface area (Å²) >= 11 is 0. The van der Waals surface area contributed by atoms with Crippen LogP contribution < -0.4 is 0 Å². The quantitative estimate of drug-likeness (QED) is 0.413. The van der Waals surface area contributed by atoms with E-state index < -0.39 is 0 Å². The highest BCUT2D eigenvalue weighted by atomic mass is 16.6. The molecule has 0 radical (unpaired) electrons. The standard InChI is InChI=1S/C12H12O2/c1-9-4-6-10(7-5-9)12-11(14-12)3-2-8-13/h2-8,11-12H,1H3/b3-2+. The number of epoxide rings is 1. The Balaban J connectivity index is 2.02. The number of carbonyl (C=O) groups is 1. The predicted octanol–water partition coefficient (Wildman–Crippen LogP) is 2.19. The van der Waals surface area contributed by atoms with Crippen LogP contribution in [0.15, 0.2) is 36.4 Å². The third kappa shape index (κ3) is 1.91. The Morgan fingerprint density at radius 2 is 2.00 bits per heavy atom. The number of benzene rings is 1. The Kier molecular flexibility index (Phi) is 2.46. The van der Waals surface area contributed by atoms with E-state index in [0.29, 0.717) is 0 Å². The van der Waals surface area contributed by atoms with Gasteiger partial charge in [-0.1, -0.05) is 29.8 Å². The van der Waals surface area contributed by atoms with E-state index in [-0.39, 0.29) is 12.2 Å². The van der Waals surface area contributed by atoms with Crippen molar-refractivity contribution in [3.05, 3.63) is 47.5 Å². The van der Waals surface area contributed by atoms with E-state index in [1.165, 1.54) is 17.2 Å². The number of aryl methyl sites for hydroxylation is 1. The van der Waals surface area contributed by atoms with Crippen molar-refractivity contribution in [1.29, 1.82) is 0 Å². The maximum absolute atomic E-state index is 10.1. The molecule has 2 rings (SSSR count). The topological polar surface area (TPSA) is 29.6 Å². The van der Waals surface area contributed by atoms with Crippen LogP contribution in [0, 0.1) is 6.92 Å². The summed E-state index contributed by atoms with van der Waals surface area (Å²) in [5.74, 6) is 0. The molecule has 1 aromatic carbocycles. The zero-order valence-corrected chi connectivity index (χ0v) is 8.01. The summed E-state index contributed by atoms with van der Waals surface area (Å²) in [5, 5.41) is 0. The molecule has 0 amide bonds. The van der Waals surface area contributed by atoms with Crippen molar-refractivity contribution < 1.29 is 9.53 Å². The lowest BCUT2D eigenvalue weighted by atomic mass is 10.1. The van der Waals surface area contributed by atoms with Gasteiger partial charge in [-0.15, -0.1) is 0 Å². The second-order valence-corrected chi connectivity index (χ2v) is 3.45. The minimum atomic E-state index is 0.0860. The molecule has 2 nitrogen and oxygen atoms in total. The van der Waals surface area contributed by atoms with Crippen LogP contribution in [0.4, 0.5) is 0 Å². The van der Waals surface area contributed by atoms with Crippen molar-refractivity contribution >= 4 is 6.29 Å². The molecule has 2 heteroatoms. The van der Waals surface area contributed by atoms with Crippen LogP contribution in [0.2, 0.25) is 0 Å². The lowest BCUT2D eigenvalue weighted by Gasteiger charge is -1.95. The largest absolute Gasteiger partial charge is 0.360 e. The van der Waals surface area contributed by atoms with E-state index in [4.69, 9.17) is 4.74 Å². The van der Waals surface area contributed by atoms with Crippen LogP contribution in [0.25, 0.3) is 0 Å². The first kappa shape index (κ1) is 9.16. The van der Waals surface area contributed by atoms with Gasteiger partial charge in [0, 0.05) is 0 Å². The summed E-state index contributed by atoms with van der Waals surface area (Å²) in [5.41, 5.74) is 2.42. The number of aldehydes is 1. The summed E-state index contributed by atoms with van der Waals surface area (Å²) in [6.45, 7) is 2.06. The monoisotopic (exact) mass is 188 g/mol. The van der Waals surface area contributed by atoms with Crippen LogP contribution >= 0.6 is 0 Å². The van der Waals surface area contributed by atoms with Gasteiger partial charge < -0.3 is 4.74 Å². The van der Waals surface area contributed by atoms with Gasteiger partial charge >= 0.3 is 0 Å². The zero-order valence-electron chi connectivity index (χ0n) is 8.01. The Morgan fingerprint density at radius 3 is 2.64 bits per heavy atom. The van der Waals surface area contributed by atoms with Gasteiger partial charge in [-0.25, -0.2) is 0 Å². The van der Waals surface area contributed by atoms with Crippen LogP contribution in [-0.4, -0.2) is 12.4 Å². The molecule has 1 fully saturated rings. The maximum atomic E-state index is 10.1. The molecule has 1 saturated heterocycles. The van der Waals surface area contributed by atoms with Crippen molar-refractivity contribution in [2.75, 3.05) is 0 Å². The van der Waals surface area contributed by atoms with Gasteiger partial charge in [0.1, 0.15) is 18.5 Å². The highest BCUT2D eigenvalue weighted by Gasteiger charge is 2.37. The fourth-order valence-electron chi connectivity index (χ4n) is 1.45. The smallest absolute Gasteiger partial charge is 0.142 e. The minimum absolute atomic E-state index is 0.0860. The molecule has 72 valence electrons. The SMILES string of the molecule is Cc1ccc(C2OC2/C=C/C=O)cc1. The fourth-order valence-corrected chi connectivity index (χ4v) is 1.45. The molecule has 2 atom stereocenters. The molecule has 1 aromatic rings. The van der Waals surface area contributed by atoms with Crippen LogP contribution in [-0.2, 0) is 9.53 Å². The van der Waals surface area contributed by atoms with Gasteiger partial charge in [0.05, 0.1) is 0 Å². The predicted molar refractivity (Wildman–Crippen MR) is 54.0 cm³/mol. The van der Waals surface area contributed by atoms with Gasteiger partial charge in [-0.2, -0.15) is 0 Å². The Bertz CT molecular complexity index is 351. The fraction of sp³-hybridized carbons (Fsp3) is 0.250. The number of ether oxygens (including phenoxy) is 1. The first-order valence-corrected chi connectivity index (χ1v) is 4.65. The molecule has 1 aliphatic rings. The Morgan fingerprint density at radius 1 is 1.29 bits per heavy atom. The van der Waals surface area contributed by atoms with Crippen molar-refractivity contribution in [2.45, 2.75) is 19.1 Å². The van der Waals surface area contributed by atoms with E-state index in [2.05, 4.69) is 31.2 Å². The molecular formula is C12H12O2. The van der Waals surface area contributed by atoms with Crippen molar-refractivity contribution in [1.82, 2.24) is 0 Å². The lowest BCUT2D eigenvalue weighted by molar-refractivity contribution is -0.104. The second-order valence-electron chi connectivity index (χ2n) is 3.45. The number of hydrogen-bond acceptors (Lipinski definition) is 2. The molecule has 0 saturated carbocycles. The van der Waals surface area contributed by atoms with Crippen molar-refractivity contribution in [3.8, 4) is 0 Å². The number of carbonyl (C=O) groups excluding carboxylic acids is 1. The maximum Gasteiger partial charge on any atom is 0.142 e. The molecule has 1 aliphatic heterocycles. The third-order valence-corrected chi connectivity index (χ3v) is 2.31. The second kappa shape index (κ2) is 3.76. The van der Waals surface area contributed by atoms with E-state index in [1.54, 1.807) is 6.08 Å². The first-order chi connectivity index (χ1) is 6.81. The number of hydrogen-bond donors (Lipinski definition) is 0. The Labute approximate surface area is 83.2 Å². The average molecular weight is 188 g/mol. The molecule has 0 spiro atoms. The molecule has 0 aliphatic carbocycles. The van der Waals surface area contributed by atoms with E-state index >= 15 is 0 Å². The van der Waals surface area contributed by atoms with Gasteiger partial charge in [-0.3, -0.25) is 4.79 Å². The molecule has 0 N–H and O–H groups in total. The van der Waals surface area contributed by atoms with E-state index in [9.17, 15) is 4.79 Å². The van der Waals surface area contributed by atoms with Crippen LogP contribution in [0.1, 0.15) is 17.2 Å². The third-order valence-electron chi connectivity index (χ3n) is 2.31.